The molecule has 2 atom stereocenters. The molecule has 1 aliphatic heterocycles. The van der Waals surface area contributed by atoms with Gasteiger partial charge in [0.2, 0.25) is 0 Å². The molecule has 1 aliphatic rings. The van der Waals surface area contributed by atoms with Crippen LogP contribution in [0.15, 0.2) is 47.1 Å². The van der Waals surface area contributed by atoms with Gasteiger partial charge in [-0.25, -0.2) is 4.79 Å². The third kappa shape index (κ3) is 4.54. The molecule has 0 spiro atoms. The van der Waals surface area contributed by atoms with Gasteiger partial charge in [-0.15, -0.1) is 0 Å². The lowest BCUT2D eigenvalue weighted by Crippen LogP contribution is -2.45. The number of anilines is 2. The predicted octanol–water partition coefficient (Wildman–Crippen LogP) is 3.56. The summed E-state index contributed by atoms with van der Waals surface area (Å²) in [6, 6.07) is 11.4. The highest BCUT2D eigenvalue weighted by Crippen LogP contribution is 2.22. The summed E-state index contributed by atoms with van der Waals surface area (Å²) in [5, 5.41) is 2.90. The monoisotopic (exact) mass is 343 g/mol. The summed E-state index contributed by atoms with van der Waals surface area (Å²) in [6.07, 6.45) is 2.05. The molecule has 134 valence electrons. The van der Waals surface area contributed by atoms with Gasteiger partial charge in [0, 0.05) is 31.5 Å². The van der Waals surface area contributed by atoms with Crippen LogP contribution in [-0.2, 0) is 11.3 Å². The van der Waals surface area contributed by atoms with E-state index >= 15 is 0 Å². The molecule has 6 nitrogen and oxygen atoms in total. The third-order valence-electron chi connectivity index (χ3n) is 4.22. The second kappa shape index (κ2) is 7.61. The van der Waals surface area contributed by atoms with Gasteiger partial charge in [0.15, 0.2) is 0 Å². The van der Waals surface area contributed by atoms with Crippen molar-refractivity contribution in [2.24, 2.45) is 0 Å². The average molecular weight is 343 g/mol. The number of amides is 2. The lowest BCUT2D eigenvalue weighted by atomic mass is 10.2. The van der Waals surface area contributed by atoms with Crippen molar-refractivity contribution in [1.29, 1.82) is 0 Å². The minimum absolute atomic E-state index is 0.169. The molecule has 0 bridgehead atoms. The van der Waals surface area contributed by atoms with Crippen molar-refractivity contribution in [1.82, 2.24) is 4.90 Å². The molecule has 0 unspecified atom stereocenters. The summed E-state index contributed by atoms with van der Waals surface area (Å²) in [6.45, 7) is 6.36. The zero-order chi connectivity index (χ0) is 17.8. The lowest BCUT2D eigenvalue weighted by Gasteiger charge is -2.36. The number of ether oxygens (including phenoxy) is 1. The molecule has 3 rings (SSSR count). The number of rotatable bonds is 4. The van der Waals surface area contributed by atoms with Crippen LogP contribution in [0.4, 0.5) is 16.2 Å². The van der Waals surface area contributed by atoms with Crippen molar-refractivity contribution in [2.75, 3.05) is 30.4 Å². The molecule has 0 saturated carbocycles. The van der Waals surface area contributed by atoms with Crippen LogP contribution in [0, 0.1) is 0 Å². The number of morpholine rings is 1. The van der Waals surface area contributed by atoms with E-state index in [1.54, 1.807) is 18.2 Å². The summed E-state index contributed by atoms with van der Waals surface area (Å²) >= 11 is 0. The zero-order valence-electron chi connectivity index (χ0n) is 14.9. The average Bonchev–Trinajstić information content (AvgIpc) is 3.07. The number of nitrogens with one attached hydrogen (secondary N) is 1. The Morgan fingerprint density at radius 1 is 1.20 bits per heavy atom. The van der Waals surface area contributed by atoms with E-state index in [4.69, 9.17) is 9.15 Å². The molecule has 1 aromatic heterocycles. The number of urea groups is 1. The second-order valence-electron chi connectivity index (χ2n) is 6.57. The minimum Gasteiger partial charge on any atom is -0.467 e. The predicted molar refractivity (Wildman–Crippen MR) is 97.9 cm³/mol. The van der Waals surface area contributed by atoms with Crippen LogP contribution in [-0.4, -0.2) is 43.3 Å². The Morgan fingerprint density at radius 3 is 2.48 bits per heavy atom. The van der Waals surface area contributed by atoms with Crippen LogP contribution < -0.4 is 10.2 Å². The molecule has 1 fully saturated rings. The highest BCUT2D eigenvalue weighted by Gasteiger charge is 2.22. The summed E-state index contributed by atoms with van der Waals surface area (Å²) < 4.78 is 11.0. The molecule has 0 aliphatic carbocycles. The van der Waals surface area contributed by atoms with Crippen LogP contribution in [0.1, 0.15) is 19.6 Å². The topological polar surface area (TPSA) is 58.0 Å². The van der Waals surface area contributed by atoms with Gasteiger partial charge in [0.05, 0.1) is 25.0 Å². The normalized spacial score (nSPS) is 20.4. The molecule has 6 heteroatoms. The highest BCUT2D eigenvalue weighted by atomic mass is 16.5. The molecule has 25 heavy (non-hydrogen) atoms. The maximum absolute atomic E-state index is 12.3. The first-order chi connectivity index (χ1) is 12.0. The number of carbonyl (C=O) groups excluding carboxylic acids is 1. The first-order valence-electron chi connectivity index (χ1n) is 8.56. The van der Waals surface area contributed by atoms with Gasteiger partial charge in [-0.3, -0.25) is 0 Å². The van der Waals surface area contributed by atoms with E-state index in [2.05, 4.69) is 24.1 Å². The van der Waals surface area contributed by atoms with Gasteiger partial charge < -0.3 is 24.3 Å². The molecule has 1 aromatic carbocycles. The van der Waals surface area contributed by atoms with E-state index in [1.807, 2.05) is 36.4 Å². The molecule has 1 N–H and O–H groups in total. The summed E-state index contributed by atoms with van der Waals surface area (Å²) in [5.74, 6) is 0.753. The quantitative estimate of drug-likeness (QED) is 0.922. The van der Waals surface area contributed by atoms with Crippen molar-refractivity contribution in [2.45, 2.75) is 32.6 Å². The fraction of sp³-hybridized carbons (Fsp3) is 0.421. The van der Waals surface area contributed by atoms with Crippen molar-refractivity contribution in [3.63, 3.8) is 0 Å². The van der Waals surface area contributed by atoms with Gasteiger partial charge in [0.25, 0.3) is 0 Å². The zero-order valence-corrected chi connectivity index (χ0v) is 14.9. The highest BCUT2D eigenvalue weighted by molar-refractivity contribution is 5.89. The number of carbonyl (C=O) groups is 1. The fourth-order valence-corrected chi connectivity index (χ4v) is 3.07. The van der Waals surface area contributed by atoms with Gasteiger partial charge in [-0.2, -0.15) is 0 Å². The van der Waals surface area contributed by atoms with E-state index in [1.165, 1.54) is 0 Å². The Labute approximate surface area is 148 Å². The SMILES string of the molecule is C[C@@H]1CN(c2ccc(NC(=O)N(C)Cc3ccco3)cc2)C[C@H](C)O1. The minimum atomic E-state index is -0.169. The van der Waals surface area contributed by atoms with Crippen LogP contribution in [0.25, 0.3) is 0 Å². The van der Waals surface area contributed by atoms with Gasteiger partial charge >= 0.3 is 6.03 Å². The van der Waals surface area contributed by atoms with Gasteiger partial charge in [0.1, 0.15) is 5.76 Å². The van der Waals surface area contributed by atoms with Crippen molar-refractivity contribution >= 4 is 17.4 Å². The first-order valence-corrected chi connectivity index (χ1v) is 8.56. The molecule has 2 aromatic rings. The number of furan rings is 1. The Hall–Kier alpha value is -2.47. The van der Waals surface area contributed by atoms with Crippen LogP contribution in [0.3, 0.4) is 0 Å². The number of benzene rings is 1. The fourth-order valence-electron chi connectivity index (χ4n) is 3.07. The molecular formula is C19H25N3O3. The van der Waals surface area contributed by atoms with Crippen molar-refractivity contribution in [3.05, 3.63) is 48.4 Å². The molecule has 1 saturated heterocycles. The van der Waals surface area contributed by atoms with E-state index in [0.29, 0.717) is 6.54 Å². The van der Waals surface area contributed by atoms with Crippen molar-refractivity contribution in [3.8, 4) is 0 Å². The summed E-state index contributed by atoms with van der Waals surface area (Å²) in [7, 11) is 1.74. The van der Waals surface area contributed by atoms with Crippen LogP contribution in [0.2, 0.25) is 0 Å². The number of hydrogen-bond donors (Lipinski definition) is 1. The van der Waals surface area contributed by atoms with Crippen molar-refractivity contribution < 1.29 is 13.9 Å². The van der Waals surface area contributed by atoms with Crippen LogP contribution >= 0.6 is 0 Å². The van der Waals surface area contributed by atoms with E-state index < -0.39 is 0 Å². The number of nitrogens with zero attached hydrogens (tertiary/aromatic N) is 2. The summed E-state index contributed by atoms with van der Waals surface area (Å²) in [5.41, 5.74) is 1.92. The smallest absolute Gasteiger partial charge is 0.321 e. The maximum Gasteiger partial charge on any atom is 0.321 e. The largest absolute Gasteiger partial charge is 0.467 e. The van der Waals surface area contributed by atoms with E-state index in [9.17, 15) is 4.79 Å². The standard InChI is InChI=1S/C19H25N3O3/c1-14-11-22(12-15(2)25-14)17-8-6-16(7-9-17)20-19(23)21(3)13-18-5-4-10-24-18/h4-10,14-15H,11-13H2,1-3H3,(H,20,23)/t14-,15+. The number of hydrogen-bond acceptors (Lipinski definition) is 4. The second-order valence-corrected chi connectivity index (χ2v) is 6.57. The molecule has 2 amide bonds. The Kier molecular flexibility index (Phi) is 5.28. The lowest BCUT2D eigenvalue weighted by molar-refractivity contribution is -0.00521. The van der Waals surface area contributed by atoms with Crippen LogP contribution in [0.5, 0.6) is 0 Å². The van der Waals surface area contributed by atoms with Gasteiger partial charge in [-0.1, -0.05) is 0 Å². The summed E-state index contributed by atoms with van der Waals surface area (Å²) in [4.78, 5) is 16.2. The third-order valence-corrected chi connectivity index (χ3v) is 4.22. The Bertz CT molecular complexity index is 674. The molecule has 2 heterocycles. The van der Waals surface area contributed by atoms with E-state index in [-0.39, 0.29) is 18.2 Å². The Balaban J connectivity index is 1.57. The first kappa shape index (κ1) is 17.4. The van der Waals surface area contributed by atoms with Gasteiger partial charge in [-0.05, 0) is 50.2 Å². The Morgan fingerprint density at radius 2 is 1.88 bits per heavy atom. The van der Waals surface area contributed by atoms with E-state index in [0.717, 1.165) is 30.2 Å². The maximum atomic E-state index is 12.3. The molecule has 0 radical (unpaired) electrons. The molecular weight excluding hydrogens is 318 g/mol.